The van der Waals surface area contributed by atoms with E-state index in [1.54, 1.807) is 18.2 Å². The first-order valence-electron chi connectivity index (χ1n) is 4.93. The van der Waals surface area contributed by atoms with Crippen molar-refractivity contribution in [3.8, 4) is 17.1 Å². The van der Waals surface area contributed by atoms with E-state index in [-0.39, 0.29) is 12.4 Å². The molecule has 1 N–H and O–H groups in total. The van der Waals surface area contributed by atoms with Gasteiger partial charge in [-0.1, -0.05) is 11.6 Å². The molecule has 0 amide bonds. The van der Waals surface area contributed by atoms with E-state index in [1.165, 1.54) is 7.11 Å². The molecule has 0 spiro atoms. The minimum atomic E-state index is -1.04. The van der Waals surface area contributed by atoms with Crippen LogP contribution in [0.3, 0.4) is 0 Å². The number of rotatable bonds is 4. The fourth-order valence-electron chi connectivity index (χ4n) is 1.49. The second-order valence-electron chi connectivity index (χ2n) is 3.40. The third kappa shape index (κ3) is 2.40. The van der Waals surface area contributed by atoms with Gasteiger partial charge in [0.15, 0.2) is 5.82 Å². The number of benzene rings is 1. The first kappa shape index (κ1) is 12.3. The maximum atomic E-state index is 10.7. The molecule has 0 aliphatic carbocycles. The van der Waals surface area contributed by atoms with Gasteiger partial charge in [-0.3, -0.25) is 4.79 Å². The first-order valence-corrected chi connectivity index (χ1v) is 5.31. The summed E-state index contributed by atoms with van der Waals surface area (Å²) in [6.45, 7) is -0.335. The number of methoxy groups -OCH3 is 1. The zero-order chi connectivity index (χ0) is 13.1. The van der Waals surface area contributed by atoms with Crippen LogP contribution in [0.5, 0.6) is 5.75 Å². The Labute approximate surface area is 107 Å². The van der Waals surface area contributed by atoms with Crippen molar-refractivity contribution in [2.75, 3.05) is 7.11 Å². The molecular formula is C10H9ClN4O3. The lowest BCUT2D eigenvalue weighted by Crippen LogP contribution is -2.12. The van der Waals surface area contributed by atoms with Crippen LogP contribution in [0, 0.1) is 0 Å². The van der Waals surface area contributed by atoms with E-state index in [9.17, 15) is 4.79 Å². The normalized spacial score (nSPS) is 10.3. The predicted molar refractivity (Wildman–Crippen MR) is 62.5 cm³/mol. The van der Waals surface area contributed by atoms with E-state index >= 15 is 0 Å². The van der Waals surface area contributed by atoms with Crippen LogP contribution >= 0.6 is 11.6 Å². The molecule has 1 aromatic carbocycles. The summed E-state index contributed by atoms with van der Waals surface area (Å²) >= 11 is 5.90. The van der Waals surface area contributed by atoms with Crippen LogP contribution in [0.15, 0.2) is 18.2 Å². The van der Waals surface area contributed by atoms with Gasteiger partial charge in [0.1, 0.15) is 12.3 Å². The zero-order valence-corrected chi connectivity index (χ0v) is 10.1. The van der Waals surface area contributed by atoms with Crippen LogP contribution in [0.2, 0.25) is 5.02 Å². The Bertz CT molecular complexity index is 584. The Hall–Kier alpha value is -2.15. The summed E-state index contributed by atoms with van der Waals surface area (Å²) in [4.78, 5) is 10.7. The highest BCUT2D eigenvalue weighted by Gasteiger charge is 2.16. The molecule has 0 unspecified atom stereocenters. The molecule has 94 valence electrons. The molecule has 0 aliphatic rings. The number of aromatic nitrogens is 4. The van der Waals surface area contributed by atoms with Crippen molar-refractivity contribution in [1.82, 2.24) is 20.2 Å². The number of hydrogen-bond donors (Lipinski definition) is 1. The number of hydrogen-bond acceptors (Lipinski definition) is 5. The van der Waals surface area contributed by atoms with Crippen LogP contribution in [0.1, 0.15) is 0 Å². The molecule has 0 aliphatic heterocycles. The first-order chi connectivity index (χ1) is 8.61. The highest BCUT2D eigenvalue weighted by atomic mass is 35.5. The van der Waals surface area contributed by atoms with E-state index in [0.717, 1.165) is 4.68 Å². The van der Waals surface area contributed by atoms with Crippen LogP contribution in [0.25, 0.3) is 11.4 Å². The largest absolute Gasteiger partial charge is 0.496 e. The molecule has 2 aromatic rings. The van der Waals surface area contributed by atoms with Crippen LogP contribution < -0.4 is 4.74 Å². The van der Waals surface area contributed by atoms with E-state index in [0.29, 0.717) is 16.3 Å². The topological polar surface area (TPSA) is 90.1 Å². The van der Waals surface area contributed by atoms with E-state index in [1.807, 2.05) is 0 Å². The van der Waals surface area contributed by atoms with Crippen molar-refractivity contribution in [1.29, 1.82) is 0 Å². The molecule has 1 aromatic heterocycles. The van der Waals surface area contributed by atoms with Gasteiger partial charge in [0.2, 0.25) is 0 Å². The number of ether oxygens (including phenoxy) is 1. The number of carboxylic acids is 1. The smallest absolute Gasteiger partial charge is 0.325 e. The van der Waals surface area contributed by atoms with Gasteiger partial charge in [0.05, 0.1) is 12.7 Å². The van der Waals surface area contributed by atoms with Crippen LogP contribution in [-0.4, -0.2) is 38.4 Å². The number of tetrazole rings is 1. The molecule has 7 nitrogen and oxygen atoms in total. The van der Waals surface area contributed by atoms with Crippen molar-refractivity contribution in [2.24, 2.45) is 0 Å². The lowest BCUT2D eigenvalue weighted by atomic mass is 10.2. The number of halogens is 1. The quantitative estimate of drug-likeness (QED) is 0.892. The molecule has 0 saturated carbocycles. The van der Waals surface area contributed by atoms with Crippen molar-refractivity contribution < 1.29 is 14.6 Å². The number of carbonyl (C=O) groups is 1. The second-order valence-corrected chi connectivity index (χ2v) is 3.83. The Kier molecular flexibility index (Phi) is 3.42. The van der Waals surface area contributed by atoms with Crippen molar-refractivity contribution in [3.05, 3.63) is 23.2 Å². The maximum Gasteiger partial charge on any atom is 0.325 e. The summed E-state index contributed by atoms with van der Waals surface area (Å²) in [7, 11) is 1.50. The van der Waals surface area contributed by atoms with Gasteiger partial charge in [0, 0.05) is 5.02 Å². The molecule has 18 heavy (non-hydrogen) atoms. The van der Waals surface area contributed by atoms with Crippen molar-refractivity contribution in [2.45, 2.75) is 6.54 Å². The molecular weight excluding hydrogens is 260 g/mol. The highest BCUT2D eigenvalue weighted by Crippen LogP contribution is 2.30. The molecule has 0 bridgehead atoms. The summed E-state index contributed by atoms with van der Waals surface area (Å²) < 4.78 is 6.33. The van der Waals surface area contributed by atoms with Gasteiger partial charge >= 0.3 is 5.97 Å². The third-order valence-electron chi connectivity index (χ3n) is 2.22. The highest BCUT2D eigenvalue weighted by molar-refractivity contribution is 6.30. The lowest BCUT2D eigenvalue weighted by molar-refractivity contribution is -0.137. The maximum absolute atomic E-state index is 10.7. The van der Waals surface area contributed by atoms with Crippen molar-refractivity contribution >= 4 is 17.6 Å². The van der Waals surface area contributed by atoms with Crippen LogP contribution in [0.4, 0.5) is 0 Å². The minimum Gasteiger partial charge on any atom is -0.496 e. The van der Waals surface area contributed by atoms with Crippen LogP contribution in [-0.2, 0) is 11.3 Å². The van der Waals surface area contributed by atoms with E-state index in [4.69, 9.17) is 21.4 Å². The van der Waals surface area contributed by atoms with Gasteiger partial charge in [-0.05, 0) is 28.6 Å². The summed E-state index contributed by atoms with van der Waals surface area (Å²) in [5.74, 6) is -0.234. The zero-order valence-electron chi connectivity index (χ0n) is 9.37. The van der Waals surface area contributed by atoms with Gasteiger partial charge in [-0.25, -0.2) is 4.68 Å². The van der Waals surface area contributed by atoms with Gasteiger partial charge in [0.25, 0.3) is 0 Å². The van der Waals surface area contributed by atoms with Gasteiger partial charge in [-0.15, -0.1) is 5.10 Å². The summed E-state index contributed by atoms with van der Waals surface area (Å²) in [6.07, 6.45) is 0. The SMILES string of the molecule is COc1ccc(Cl)cc1-c1nnnn1CC(=O)O. The Balaban J connectivity index is 2.51. The van der Waals surface area contributed by atoms with E-state index < -0.39 is 5.97 Å². The predicted octanol–water partition coefficient (Wildman–Crippen LogP) is 1.09. The molecule has 0 atom stereocenters. The Morgan fingerprint density at radius 3 is 3.00 bits per heavy atom. The minimum absolute atomic E-state index is 0.289. The van der Waals surface area contributed by atoms with Crippen molar-refractivity contribution in [3.63, 3.8) is 0 Å². The third-order valence-corrected chi connectivity index (χ3v) is 2.45. The van der Waals surface area contributed by atoms with E-state index in [2.05, 4.69) is 15.5 Å². The summed E-state index contributed by atoms with van der Waals surface area (Å²) in [6, 6.07) is 4.94. The molecule has 8 heteroatoms. The molecule has 0 radical (unpaired) electrons. The second kappa shape index (κ2) is 5.01. The Morgan fingerprint density at radius 1 is 1.56 bits per heavy atom. The molecule has 2 rings (SSSR count). The van der Waals surface area contributed by atoms with Gasteiger partial charge < -0.3 is 9.84 Å². The number of nitrogens with zero attached hydrogens (tertiary/aromatic N) is 4. The standard InChI is InChI=1S/C10H9ClN4O3/c1-18-8-3-2-6(11)4-7(8)10-12-13-14-15(10)5-9(16)17/h2-4H,5H2,1H3,(H,16,17). The Morgan fingerprint density at radius 2 is 2.33 bits per heavy atom. The summed E-state index contributed by atoms with van der Waals surface area (Å²) in [5, 5.41) is 20.1. The molecule has 0 saturated heterocycles. The van der Waals surface area contributed by atoms with Gasteiger partial charge in [-0.2, -0.15) is 0 Å². The fourth-order valence-corrected chi connectivity index (χ4v) is 1.66. The summed E-state index contributed by atoms with van der Waals surface area (Å²) in [5.41, 5.74) is 0.538. The average Bonchev–Trinajstić information content (AvgIpc) is 2.76. The monoisotopic (exact) mass is 268 g/mol. The number of aliphatic carboxylic acids is 1. The average molecular weight is 269 g/mol. The lowest BCUT2D eigenvalue weighted by Gasteiger charge is -2.08. The fraction of sp³-hybridized carbons (Fsp3) is 0.200. The molecule has 1 heterocycles. The number of carboxylic acid groups (broad SMARTS) is 1. The molecule has 0 fully saturated rings.